The number of hydrogen-bond acceptors (Lipinski definition) is 12. The molecule has 516 valence electrons. The van der Waals surface area contributed by atoms with E-state index in [1.807, 2.05) is 213 Å². The summed E-state index contributed by atoms with van der Waals surface area (Å²) in [7, 11) is 12.1. The van der Waals surface area contributed by atoms with E-state index in [2.05, 4.69) is 51.4 Å². The third kappa shape index (κ3) is 24.4. The first-order valence-corrected chi connectivity index (χ1v) is 33.6. The van der Waals surface area contributed by atoms with Crippen LogP contribution in [0.1, 0.15) is 86.8 Å². The maximum atomic E-state index is 13.6. The van der Waals surface area contributed by atoms with Crippen LogP contribution >= 0.6 is 0 Å². The molecule has 9 aromatic carbocycles. The van der Waals surface area contributed by atoms with Crippen LogP contribution in [0.15, 0.2) is 237 Å². The molecule has 9 aromatic rings. The molecule has 0 radical (unpaired) electrons. The van der Waals surface area contributed by atoms with Crippen molar-refractivity contribution in [2.45, 2.75) is 53.4 Å². The van der Waals surface area contributed by atoms with Gasteiger partial charge in [-0.25, -0.2) is 0 Å². The first-order valence-electron chi connectivity index (χ1n) is 33.6. The van der Waals surface area contributed by atoms with Crippen molar-refractivity contribution in [3.63, 3.8) is 0 Å². The van der Waals surface area contributed by atoms with Crippen LogP contribution < -0.4 is 30.2 Å². The molecule has 0 atom stereocenters. The number of hydrogen-bond donors (Lipinski definition) is 6. The van der Waals surface area contributed by atoms with Crippen LogP contribution in [-0.2, 0) is 14.4 Å². The number of benzene rings is 9. The van der Waals surface area contributed by atoms with Gasteiger partial charge in [0.1, 0.15) is 47.7 Å². The average molecular weight is 1330 g/mol. The van der Waals surface area contributed by atoms with Gasteiger partial charge in [-0.3, -0.25) is 14.4 Å². The van der Waals surface area contributed by atoms with Crippen LogP contribution in [0.4, 0.5) is 17.1 Å². The topological polar surface area (TPSA) is 185 Å². The summed E-state index contributed by atoms with van der Waals surface area (Å²) >= 11 is 0. The summed E-state index contributed by atoms with van der Waals surface area (Å²) in [5.74, 6) is 2.32. The standard InChI is InChI=1S/3C28H32N2O3/c1-20(2)26(21-8-6-5-7-9-21)27(22-10-14-24(31)15-11-22)28(32)29-23-12-16-25(17-13-23)33-19-18-30(3)4;1-4-26(21-9-6-5-7-10-21)27(22-11-15-24(31)16-12-22)28(32)29-23-13-17-25(18-14-23)33-20-8-19-30(2)3;1-4-8-26(21-9-6-5-7-10-21)27(22-11-15-24(31)16-12-22)28(32)29-23-13-17-25(18-14-23)33-20-19-30(2)3/h5-17,20,31H,18-19H2,1-4H3,(H,29,32);2*5-7,9-18,31H,4,8,19-20H2,1-3H3,(H,29,32)/b3*27-26+. The number of ether oxygens (including phenoxy) is 3. The zero-order chi connectivity index (χ0) is 71.1. The van der Waals surface area contributed by atoms with Crippen molar-refractivity contribution >= 4 is 68.2 Å². The van der Waals surface area contributed by atoms with E-state index in [-0.39, 0.29) is 40.9 Å². The minimum absolute atomic E-state index is 0.106. The number of aromatic hydroxyl groups is 3. The lowest BCUT2D eigenvalue weighted by Crippen LogP contribution is -2.19. The number of amides is 3. The summed E-state index contributed by atoms with van der Waals surface area (Å²) in [6.07, 6.45) is 3.29. The Bertz CT molecular complexity index is 4030. The Labute approximate surface area is 585 Å². The second-order valence-corrected chi connectivity index (χ2v) is 24.7. The van der Waals surface area contributed by atoms with Crippen molar-refractivity contribution in [3.8, 4) is 34.5 Å². The lowest BCUT2D eigenvalue weighted by molar-refractivity contribution is -0.111. The third-order valence-electron chi connectivity index (χ3n) is 15.8. The van der Waals surface area contributed by atoms with Gasteiger partial charge < -0.3 is 60.2 Å². The molecule has 3 amide bonds. The van der Waals surface area contributed by atoms with Gasteiger partial charge in [0, 0.05) is 36.7 Å². The largest absolute Gasteiger partial charge is 0.508 e. The minimum Gasteiger partial charge on any atom is -0.508 e. The lowest BCUT2D eigenvalue weighted by atomic mass is 9.87. The lowest BCUT2D eigenvalue weighted by Gasteiger charge is -2.19. The van der Waals surface area contributed by atoms with Crippen LogP contribution in [-0.4, -0.2) is 129 Å². The number of rotatable bonds is 29. The number of likely N-dealkylation sites (N-methyl/N-ethyl adjacent to an activating group) is 2. The molecule has 15 heteroatoms. The van der Waals surface area contributed by atoms with E-state index in [0.717, 1.165) is 106 Å². The summed E-state index contributed by atoms with van der Waals surface area (Å²) in [6, 6.07) is 72.4. The summed E-state index contributed by atoms with van der Waals surface area (Å²) in [6.45, 7) is 12.8. The van der Waals surface area contributed by atoms with Crippen molar-refractivity contribution in [2.75, 3.05) is 97.7 Å². The highest BCUT2D eigenvalue weighted by Crippen LogP contribution is 2.37. The van der Waals surface area contributed by atoms with Gasteiger partial charge in [0.05, 0.1) is 23.3 Å². The van der Waals surface area contributed by atoms with Crippen molar-refractivity contribution in [3.05, 3.63) is 270 Å². The van der Waals surface area contributed by atoms with Crippen LogP contribution in [0.2, 0.25) is 0 Å². The van der Waals surface area contributed by atoms with Crippen LogP contribution in [0.25, 0.3) is 33.4 Å². The molecule has 0 aromatic heterocycles. The minimum atomic E-state index is -0.200. The maximum Gasteiger partial charge on any atom is 0.256 e. The Morgan fingerprint density at radius 1 is 0.364 bits per heavy atom. The molecule has 0 saturated carbocycles. The molecule has 0 aliphatic carbocycles. The molecular weight excluding hydrogens is 1240 g/mol. The number of phenolic OH excluding ortho intramolecular Hbond substituents is 3. The van der Waals surface area contributed by atoms with Crippen molar-refractivity contribution in [1.29, 1.82) is 0 Å². The normalized spacial score (nSPS) is 11.8. The predicted octanol–water partition coefficient (Wildman–Crippen LogP) is 16.9. The number of phenols is 3. The molecule has 0 bridgehead atoms. The summed E-state index contributed by atoms with van der Waals surface area (Å²) < 4.78 is 17.3. The third-order valence-corrected chi connectivity index (χ3v) is 15.8. The van der Waals surface area contributed by atoms with Crippen LogP contribution in [0.3, 0.4) is 0 Å². The second kappa shape index (κ2) is 39.5. The molecule has 0 saturated heterocycles. The SMILES string of the molecule is CC(C)/C(=C(\C(=O)Nc1ccc(OCCN(C)C)cc1)c1ccc(O)cc1)c1ccccc1.CC/C(=C(\C(=O)Nc1ccc(OCCCN(C)C)cc1)c1ccc(O)cc1)c1ccccc1.CCC/C(=C(\C(=O)Nc1ccc(OCCN(C)C)cc1)c1ccc(O)cc1)c1ccccc1. The first-order chi connectivity index (χ1) is 47.8. The van der Waals surface area contributed by atoms with E-state index in [9.17, 15) is 29.7 Å². The summed E-state index contributed by atoms with van der Waals surface area (Å²) in [4.78, 5) is 46.8. The molecule has 0 aliphatic heterocycles. The quantitative estimate of drug-likeness (QED) is 0.0148. The highest BCUT2D eigenvalue weighted by Gasteiger charge is 2.24. The van der Waals surface area contributed by atoms with Gasteiger partial charge in [-0.2, -0.15) is 0 Å². The summed E-state index contributed by atoms with van der Waals surface area (Å²) in [5, 5.41) is 38.4. The molecule has 15 nitrogen and oxygen atoms in total. The van der Waals surface area contributed by atoms with Crippen LogP contribution in [0.5, 0.6) is 34.5 Å². The Balaban J connectivity index is 0.000000209. The Morgan fingerprint density at radius 3 is 1.01 bits per heavy atom. The Morgan fingerprint density at radius 2 is 0.677 bits per heavy atom. The number of carbonyl (C=O) groups excluding carboxylic acids is 3. The molecular formula is C84H96N6O9. The molecule has 0 unspecified atom stereocenters. The van der Waals surface area contributed by atoms with Crippen molar-refractivity contribution in [2.24, 2.45) is 5.92 Å². The number of nitrogens with one attached hydrogen (secondary N) is 3. The van der Waals surface area contributed by atoms with E-state index in [1.54, 1.807) is 72.8 Å². The molecule has 99 heavy (non-hydrogen) atoms. The van der Waals surface area contributed by atoms with Crippen molar-refractivity contribution in [1.82, 2.24) is 14.7 Å². The first kappa shape index (κ1) is 75.7. The van der Waals surface area contributed by atoms with Gasteiger partial charge >= 0.3 is 0 Å². The van der Waals surface area contributed by atoms with E-state index in [1.165, 1.54) is 0 Å². The van der Waals surface area contributed by atoms with Gasteiger partial charge in [-0.15, -0.1) is 0 Å². The molecule has 0 aliphatic rings. The number of allylic oxidation sites excluding steroid dienone is 3. The number of carbonyl (C=O) groups is 3. The average Bonchev–Trinajstić information content (AvgIpc) is 0.819. The van der Waals surface area contributed by atoms with E-state index >= 15 is 0 Å². The highest BCUT2D eigenvalue weighted by molar-refractivity contribution is 6.33. The zero-order valence-electron chi connectivity index (χ0n) is 58.8. The molecule has 0 heterocycles. The van der Waals surface area contributed by atoms with Crippen LogP contribution in [0, 0.1) is 5.92 Å². The molecule has 0 spiro atoms. The zero-order valence-corrected chi connectivity index (χ0v) is 58.8. The van der Waals surface area contributed by atoms with Gasteiger partial charge in [0.15, 0.2) is 0 Å². The second-order valence-electron chi connectivity index (χ2n) is 24.7. The van der Waals surface area contributed by atoms with Gasteiger partial charge in [0.2, 0.25) is 0 Å². The molecule has 0 fully saturated rings. The summed E-state index contributed by atoms with van der Waals surface area (Å²) in [5.41, 5.74) is 12.0. The van der Waals surface area contributed by atoms with Gasteiger partial charge in [0.25, 0.3) is 17.7 Å². The fourth-order valence-electron chi connectivity index (χ4n) is 10.8. The molecule has 6 N–H and O–H groups in total. The Kier molecular flexibility index (Phi) is 30.2. The fourth-order valence-corrected chi connectivity index (χ4v) is 10.8. The number of nitrogens with zero attached hydrogens (tertiary/aromatic N) is 3. The monoisotopic (exact) mass is 1330 g/mol. The van der Waals surface area contributed by atoms with Crippen molar-refractivity contribution < 1.29 is 43.9 Å². The molecule has 9 rings (SSSR count). The van der Waals surface area contributed by atoms with Gasteiger partial charge in [-0.1, -0.05) is 162 Å². The van der Waals surface area contributed by atoms with E-state index in [4.69, 9.17) is 14.2 Å². The van der Waals surface area contributed by atoms with E-state index < -0.39 is 0 Å². The smallest absolute Gasteiger partial charge is 0.256 e. The van der Waals surface area contributed by atoms with E-state index in [0.29, 0.717) is 60.0 Å². The van der Waals surface area contributed by atoms with Gasteiger partial charge in [-0.05, 0) is 227 Å². The predicted molar refractivity (Wildman–Crippen MR) is 406 cm³/mol. The maximum absolute atomic E-state index is 13.6. The number of anilines is 3. The highest BCUT2D eigenvalue weighted by atomic mass is 16.5. The fraction of sp³-hybridized carbons (Fsp3) is 0.250. The Hall–Kier alpha value is -10.7.